The van der Waals surface area contributed by atoms with Crippen LogP contribution in [0.15, 0.2) is 24.3 Å². The van der Waals surface area contributed by atoms with Crippen LogP contribution in [0.4, 0.5) is 4.39 Å². The molecule has 0 radical (unpaired) electrons. The van der Waals surface area contributed by atoms with Crippen molar-refractivity contribution in [3.63, 3.8) is 0 Å². The first kappa shape index (κ1) is 16.2. The number of nitrogens with two attached hydrogens (primary N) is 1. The van der Waals surface area contributed by atoms with Gasteiger partial charge in [0, 0.05) is 6.54 Å². The number of piperidine rings is 1. The van der Waals surface area contributed by atoms with E-state index in [1.807, 2.05) is 0 Å². The van der Waals surface area contributed by atoms with Gasteiger partial charge in [0.15, 0.2) is 0 Å². The number of halogens is 2. The van der Waals surface area contributed by atoms with E-state index >= 15 is 0 Å². The Balaban J connectivity index is 0.00000180. The highest BCUT2D eigenvalue weighted by Crippen LogP contribution is 2.16. The van der Waals surface area contributed by atoms with Crippen molar-refractivity contribution < 1.29 is 9.13 Å². The highest BCUT2D eigenvalue weighted by atomic mass is 35.5. The van der Waals surface area contributed by atoms with Gasteiger partial charge in [0.2, 0.25) is 0 Å². The first-order valence-corrected chi connectivity index (χ1v) is 6.58. The van der Waals surface area contributed by atoms with Gasteiger partial charge in [-0.3, -0.25) is 4.90 Å². The summed E-state index contributed by atoms with van der Waals surface area (Å²) in [5.74, 6) is 1.19. The minimum absolute atomic E-state index is 0. The lowest BCUT2D eigenvalue weighted by molar-refractivity contribution is 0.157. The molecule has 0 spiro atoms. The van der Waals surface area contributed by atoms with E-state index in [0.29, 0.717) is 12.5 Å². The fourth-order valence-electron chi connectivity index (χ4n) is 2.27. The molecule has 2 N–H and O–H groups in total. The molecule has 1 fully saturated rings. The minimum atomic E-state index is -0.230. The van der Waals surface area contributed by atoms with Gasteiger partial charge in [-0.05, 0) is 62.7 Å². The number of nitrogens with zero attached hydrogens (tertiary/aromatic N) is 1. The second-order valence-corrected chi connectivity index (χ2v) is 4.82. The third-order valence-corrected chi connectivity index (χ3v) is 3.53. The Hall–Kier alpha value is -0.840. The number of benzene rings is 1. The van der Waals surface area contributed by atoms with Gasteiger partial charge in [0.1, 0.15) is 18.2 Å². The average Bonchev–Trinajstić information content (AvgIpc) is 2.42. The standard InChI is InChI=1S/C14H21FN2O.ClH/c15-13-1-3-14(4-2-13)18-10-9-17-7-5-12(11-16)6-8-17;/h1-4,12H,5-11,16H2;1H. The second-order valence-electron chi connectivity index (χ2n) is 4.82. The Morgan fingerprint density at radius 1 is 1.21 bits per heavy atom. The molecule has 0 aromatic heterocycles. The number of hydrogen-bond acceptors (Lipinski definition) is 3. The number of likely N-dealkylation sites (tertiary alicyclic amines) is 1. The molecular weight excluding hydrogens is 267 g/mol. The predicted octanol–water partition coefficient (Wildman–Crippen LogP) is 2.30. The Bertz CT molecular complexity index is 353. The second kappa shape index (κ2) is 8.35. The summed E-state index contributed by atoms with van der Waals surface area (Å²) in [6, 6.07) is 6.16. The topological polar surface area (TPSA) is 38.5 Å². The van der Waals surface area contributed by atoms with E-state index in [4.69, 9.17) is 10.5 Å². The van der Waals surface area contributed by atoms with Crippen molar-refractivity contribution in [3.05, 3.63) is 30.1 Å². The first-order chi connectivity index (χ1) is 8.78. The maximum Gasteiger partial charge on any atom is 0.123 e. The summed E-state index contributed by atoms with van der Waals surface area (Å²) in [5.41, 5.74) is 5.66. The van der Waals surface area contributed by atoms with Crippen LogP contribution in [0.25, 0.3) is 0 Å². The maximum atomic E-state index is 12.7. The lowest BCUT2D eigenvalue weighted by Gasteiger charge is -2.31. The van der Waals surface area contributed by atoms with Crippen LogP contribution in [0.5, 0.6) is 5.75 Å². The predicted molar refractivity (Wildman–Crippen MR) is 77.4 cm³/mol. The maximum absolute atomic E-state index is 12.7. The molecule has 5 heteroatoms. The Kier molecular flexibility index (Phi) is 7.13. The van der Waals surface area contributed by atoms with E-state index < -0.39 is 0 Å². The monoisotopic (exact) mass is 288 g/mol. The molecule has 108 valence electrons. The summed E-state index contributed by atoms with van der Waals surface area (Å²) in [5, 5.41) is 0. The molecule has 2 rings (SSSR count). The lowest BCUT2D eigenvalue weighted by Crippen LogP contribution is -2.38. The fraction of sp³-hybridized carbons (Fsp3) is 0.571. The van der Waals surface area contributed by atoms with Gasteiger partial charge in [-0.25, -0.2) is 4.39 Å². The van der Waals surface area contributed by atoms with Crippen molar-refractivity contribution >= 4 is 12.4 Å². The van der Waals surface area contributed by atoms with Crippen LogP contribution < -0.4 is 10.5 Å². The normalized spacial score (nSPS) is 16.9. The number of rotatable bonds is 5. The molecule has 0 bridgehead atoms. The van der Waals surface area contributed by atoms with Crippen molar-refractivity contribution in [2.45, 2.75) is 12.8 Å². The van der Waals surface area contributed by atoms with E-state index in [-0.39, 0.29) is 18.2 Å². The summed E-state index contributed by atoms with van der Waals surface area (Å²) in [6.45, 7) is 4.59. The van der Waals surface area contributed by atoms with E-state index in [0.717, 1.165) is 31.9 Å². The fourth-order valence-corrected chi connectivity index (χ4v) is 2.27. The molecule has 3 nitrogen and oxygen atoms in total. The quantitative estimate of drug-likeness (QED) is 0.903. The SMILES string of the molecule is Cl.NCC1CCN(CCOc2ccc(F)cc2)CC1. The van der Waals surface area contributed by atoms with Gasteiger partial charge in [-0.2, -0.15) is 0 Å². The summed E-state index contributed by atoms with van der Waals surface area (Å²) in [7, 11) is 0. The number of hydrogen-bond donors (Lipinski definition) is 1. The van der Waals surface area contributed by atoms with Gasteiger partial charge < -0.3 is 10.5 Å². The summed E-state index contributed by atoms with van der Waals surface area (Å²) >= 11 is 0. The Morgan fingerprint density at radius 3 is 2.42 bits per heavy atom. The lowest BCUT2D eigenvalue weighted by atomic mass is 9.97. The zero-order chi connectivity index (χ0) is 12.8. The molecule has 0 saturated carbocycles. The first-order valence-electron chi connectivity index (χ1n) is 6.58. The summed E-state index contributed by atoms with van der Waals surface area (Å²) < 4.78 is 18.3. The van der Waals surface area contributed by atoms with Crippen LogP contribution in [-0.4, -0.2) is 37.7 Å². The highest BCUT2D eigenvalue weighted by molar-refractivity contribution is 5.85. The van der Waals surface area contributed by atoms with E-state index in [1.54, 1.807) is 12.1 Å². The molecular formula is C14H22ClFN2O. The van der Waals surface area contributed by atoms with Crippen LogP contribution in [0.3, 0.4) is 0 Å². The van der Waals surface area contributed by atoms with Gasteiger partial charge in [0.25, 0.3) is 0 Å². The molecule has 0 unspecified atom stereocenters. The van der Waals surface area contributed by atoms with Crippen molar-refractivity contribution in [1.29, 1.82) is 0 Å². The van der Waals surface area contributed by atoms with Crippen LogP contribution in [0, 0.1) is 11.7 Å². The van der Waals surface area contributed by atoms with Gasteiger partial charge >= 0.3 is 0 Å². The largest absolute Gasteiger partial charge is 0.492 e. The molecule has 1 aliphatic rings. The van der Waals surface area contributed by atoms with E-state index in [2.05, 4.69) is 4.90 Å². The molecule has 1 saturated heterocycles. The molecule has 1 aromatic rings. The molecule has 1 aromatic carbocycles. The highest BCUT2D eigenvalue weighted by Gasteiger charge is 2.17. The zero-order valence-electron chi connectivity index (χ0n) is 11.1. The van der Waals surface area contributed by atoms with Crippen LogP contribution in [0.2, 0.25) is 0 Å². The summed E-state index contributed by atoms with van der Waals surface area (Å²) in [6.07, 6.45) is 2.38. The van der Waals surface area contributed by atoms with Crippen molar-refractivity contribution in [1.82, 2.24) is 4.90 Å². The molecule has 1 heterocycles. The Labute approximate surface area is 120 Å². The van der Waals surface area contributed by atoms with Gasteiger partial charge in [0.05, 0.1) is 0 Å². The molecule has 19 heavy (non-hydrogen) atoms. The third-order valence-electron chi connectivity index (χ3n) is 3.53. The van der Waals surface area contributed by atoms with E-state index in [1.165, 1.54) is 25.0 Å². The zero-order valence-corrected chi connectivity index (χ0v) is 11.9. The molecule has 0 aliphatic carbocycles. The smallest absolute Gasteiger partial charge is 0.123 e. The molecule has 0 atom stereocenters. The van der Waals surface area contributed by atoms with Crippen molar-refractivity contribution in [2.24, 2.45) is 11.7 Å². The van der Waals surface area contributed by atoms with Gasteiger partial charge in [-0.1, -0.05) is 0 Å². The van der Waals surface area contributed by atoms with Gasteiger partial charge in [-0.15, -0.1) is 12.4 Å². The minimum Gasteiger partial charge on any atom is -0.492 e. The average molecular weight is 289 g/mol. The van der Waals surface area contributed by atoms with Crippen LogP contribution in [0.1, 0.15) is 12.8 Å². The van der Waals surface area contributed by atoms with E-state index in [9.17, 15) is 4.39 Å². The summed E-state index contributed by atoms with van der Waals surface area (Å²) in [4.78, 5) is 2.40. The molecule has 0 amide bonds. The third kappa shape index (κ3) is 5.35. The van der Waals surface area contributed by atoms with Crippen LogP contribution >= 0.6 is 12.4 Å². The van der Waals surface area contributed by atoms with Crippen molar-refractivity contribution in [2.75, 3.05) is 32.8 Å². The number of ether oxygens (including phenoxy) is 1. The Morgan fingerprint density at radius 2 is 1.84 bits per heavy atom. The van der Waals surface area contributed by atoms with Crippen LogP contribution in [-0.2, 0) is 0 Å². The van der Waals surface area contributed by atoms with Crippen molar-refractivity contribution in [3.8, 4) is 5.75 Å². The molecule has 1 aliphatic heterocycles.